The fourth-order valence-electron chi connectivity index (χ4n) is 3.71. The molecule has 0 saturated heterocycles. The van der Waals surface area contributed by atoms with E-state index in [1.807, 2.05) is 12.3 Å². The Bertz CT molecular complexity index is 1550. The summed E-state index contributed by atoms with van der Waals surface area (Å²) in [5.74, 6) is 0. The SMILES string of the molecule is CCOc1nn(-c2ccc3nn(-c4cccnc4)cc3c2)c(=O)n1Cc1cccc(C(F)(F)F)c1. The predicted octanol–water partition coefficient (Wildman–Crippen LogP) is 4.23. The lowest BCUT2D eigenvalue weighted by molar-refractivity contribution is -0.137. The first-order chi connectivity index (χ1) is 16.8. The van der Waals surface area contributed by atoms with Crippen molar-refractivity contribution in [1.29, 1.82) is 0 Å². The van der Waals surface area contributed by atoms with Crippen LogP contribution in [-0.4, -0.2) is 35.7 Å². The van der Waals surface area contributed by atoms with Crippen LogP contribution in [0, 0.1) is 0 Å². The number of alkyl halides is 3. The van der Waals surface area contributed by atoms with Gasteiger partial charge in [-0.3, -0.25) is 4.98 Å². The number of ether oxygens (including phenoxy) is 1. The normalized spacial score (nSPS) is 11.8. The third-order valence-electron chi connectivity index (χ3n) is 5.34. The summed E-state index contributed by atoms with van der Waals surface area (Å²) in [5, 5.41) is 9.58. The number of rotatable bonds is 6. The molecule has 0 amide bonds. The zero-order chi connectivity index (χ0) is 24.6. The molecule has 0 aliphatic heterocycles. The maximum absolute atomic E-state index is 13.2. The summed E-state index contributed by atoms with van der Waals surface area (Å²) in [6.45, 7) is 1.84. The van der Waals surface area contributed by atoms with E-state index in [1.54, 1.807) is 48.3 Å². The van der Waals surface area contributed by atoms with Gasteiger partial charge in [0.15, 0.2) is 0 Å². The van der Waals surface area contributed by atoms with Crippen molar-refractivity contribution in [3.8, 4) is 17.4 Å². The summed E-state index contributed by atoms with van der Waals surface area (Å²) in [6, 6.07) is 13.7. The van der Waals surface area contributed by atoms with Gasteiger partial charge in [-0.2, -0.15) is 23.0 Å². The van der Waals surface area contributed by atoms with Crippen LogP contribution in [0.15, 0.2) is 78.0 Å². The van der Waals surface area contributed by atoms with Crippen LogP contribution in [0.1, 0.15) is 18.1 Å². The standard InChI is InChI=1S/C24H19F3N6O2/c1-2-35-22-30-33(23(34)31(22)14-16-5-3-6-18(11-16)24(25,26)27)19-8-9-21-17(12-19)15-32(29-21)20-7-4-10-28-13-20/h3-13,15H,2,14H2,1H3. The molecule has 0 aliphatic carbocycles. The van der Waals surface area contributed by atoms with Gasteiger partial charge >= 0.3 is 17.9 Å². The highest BCUT2D eigenvalue weighted by Crippen LogP contribution is 2.30. The Morgan fingerprint density at radius 2 is 1.86 bits per heavy atom. The van der Waals surface area contributed by atoms with E-state index < -0.39 is 17.4 Å². The highest BCUT2D eigenvalue weighted by Gasteiger charge is 2.30. The van der Waals surface area contributed by atoms with Gasteiger partial charge < -0.3 is 4.74 Å². The van der Waals surface area contributed by atoms with Crippen molar-refractivity contribution in [1.82, 2.24) is 29.1 Å². The molecule has 0 fully saturated rings. The van der Waals surface area contributed by atoms with Gasteiger partial charge in [-0.1, -0.05) is 12.1 Å². The van der Waals surface area contributed by atoms with E-state index in [-0.39, 0.29) is 19.2 Å². The lowest BCUT2D eigenvalue weighted by atomic mass is 10.1. The van der Waals surface area contributed by atoms with E-state index in [4.69, 9.17) is 4.74 Å². The fraction of sp³-hybridized carbons (Fsp3) is 0.167. The minimum Gasteiger partial charge on any atom is -0.464 e. The van der Waals surface area contributed by atoms with Crippen molar-refractivity contribution in [2.45, 2.75) is 19.6 Å². The Morgan fingerprint density at radius 1 is 1.00 bits per heavy atom. The van der Waals surface area contributed by atoms with Gasteiger partial charge in [0.2, 0.25) is 0 Å². The predicted molar refractivity (Wildman–Crippen MR) is 122 cm³/mol. The minimum atomic E-state index is -4.48. The Labute approximate surface area is 196 Å². The van der Waals surface area contributed by atoms with Crippen LogP contribution in [0.2, 0.25) is 0 Å². The van der Waals surface area contributed by atoms with Gasteiger partial charge in [0, 0.05) is 17.8 Å². The summed E-state index contributed by atoms with van der Waals surface area (Å²) in [4.78, 5) is 17.3. The molecule has 2 aromatic carbocycles. The van der Waals surface area contributed by atoms with Crippen LogP contribution in [-0.2, 0) is 12.7 Å². The minimum absolute atomic E-state index is 0.0149. The van der Waals surface area contributed by atoms with Crippen LogP contribution in [0.25, 0.3) is 22.3 Å². The first kappa shape index (κ1) is 22.4. The van der Waals surface area contributed by atoms with E-state index in [9.17, 15) is 18.0 Å². The van der Waals surface area contributed by atoms with E-state index in [2.05, 4.69) is 15.2 Å². The molecule has 3 heterocycles. The molecule has 178 valence electrons. The molecular weight excluding hydrogens is 461 g/mol. The number of hydrogen-bond donors (Lipinski definition) is 0. The molecule has 5 aromatic rings. The lowest BCUT2D eigenvalue weighted by Gasteiger charge is -2.09. The van der Waals surface area contributed by atoms with Crippen molar-refractivity contribution in [2.24, 2.45) is 0 Å². The number of hydrogen-bond acceptors (Lipinski definition) is 5. The van der Waals surface area contributed by atoms with E-state index in [1.165, 1.54) is 21.4 Å². The Balaban J connectivity index is 1.53. The molecule has 11 heteroatoms. The number of fused-ring (bicyclic) bond motifs is 1. The summed E-state index contributed by atoms with van der Waals surface area (Å²) >= 11 is 0. The molecule has 0 aliphatic rings. The summed E-state index contributed by atoms with van der Waals surface area (Å²) < 4.78 is 49.0. The zero-order valence-corrected chi connectivity index (χ0v) is 18.5. The molecule has 0 spiro atoms. The number of aromatic nitrogens is 6. The van der Waals surface area contributed by atoms with E-state index in [0.717, 1.165) is 23.2 Å². The van der Waals surface area contributed by atoms with Crippen LogP contribution in [0.3, 0.4) is 0 Å². The Kier molecular flexibility index (Phi) is 5.59. The van der Waals surface area contributed by atoms with Gasteiger partial charge in [-0.25, -0.2) is 14.0 Å². The maximum Gasteiger partial charge on any atom is 0.416 e. The largest absolute Gasteiger partial charge is 0.464 e. The van der Waals surface area contributed by atoms with Crippen LogP contribution in [0.4, 0.5) is 13.2 Å². The first-order valence-corrected chi connectivity index (χ1v) is 10.7. The van der Waals surface area contributed by atoms with Crippen LogP contribution >= 0.6 is 0 Å². The van der Waals surface area contributed by atoms with Crippen molar-refractivity contribution >= 4 is 10.9 Å². The summed E-state index contributed by atoms with van der Waals surface area (Å²) in [7, 11) is 0. The average Bonchev–Trinajstić information content (AvgIpc) is 3.41. The third-order valence-corrected chi connectivity index (χ3v) is 5.34. The van der Waals surface area contributed by atoms with Crippen molar-refractivity contribution in [3.05, 3.63) is 94.8 Å². The molecular formula is C24H19F3N6O2. The molecule has 0 bridgehead atoms. The van der Waals surface area contributed by atoms with Gasteiger partial charge in [-0.15, -0.1) is 5.10 Å². The number of halogens is 3. The fourth-order valence-corrected chi connectivity index (χ4v) is 3.71. The molecule has 0 atom stereocenters. The molecule has 0 saturated carbocycles. The van der Waals surface area contributed by atoms with Crippen molar-refractivity contribution in [3.63, 3.8) is 0 Å². The van der Waals surface area contributed by atoms with Gasteiger partial charge in [0.05, 0.1) is 41.8 Å². The Hall–Kier alpha value is -4.41. The smallest absolute Gasteiger partial charge is 0.416 e. The van der Waals surface area contributed by atoms with Gasteiger partial charge in [0.25, 0.3) is 0 Å². The Morgan fingerprint density at radius 3 is 2.60 bits per heavy atom. The average molecular weight is 480 g/mol. The second-order valence-corrected chi connectivity index (χ2v) is 7.72. The number of pyridine rings is 1. The molecule has 8 nitrogen and oxygen atoms in total. The first-order valence-electron chi connectivity index (χ1n) is 10.7. The van der Waals surface area contributed by atoms with E-state index >= 15 is 0 Å². The topological polar surface area (TPSA) is 79.8 Å². The number of benzene rings is 2. The molecule has 0 unspecified atom stereocenters. The van der Waals surface area contributed by atoms with Crippen molar-refractivity contribution in [2.75, 3.05) is 6.61 Å². The molecule has 5 rings (SSSR count). The number of nitrogens with zero attached hydrogens (tertiary/aromatic N) is 6. The molecule has 3 aromatic heterocycles. The van der Waals surface area contributed by atoms with E-state index in [0.29, 0.717) is 16.8 Å². The van der Waals surface area contributed by atoms with Gasteiger partial charge in [0.1, 0.15) is 0 Å². The summed E-state index contributed by atoms with van der Waals surface area (Å²) in [5.41, 5.74) is 0.937. The lowest BCUT2D eigenvalue weighted by Crippen LogP contribution is -2.24. The third kappa shape index (κ3) is 4.39. The quantitative estimate of drug-likeness (QED) is 0.363. The van der Waals surface area contributed by atoms with Crippen LogP contribution < -0.4 is 10.4 Å². The monoisotopic (exact) mass is 480 g/mol. The highest BCUT2D eigenvalue weighted by atomic mass is 19.4. The molecule has 0 N–H and O–H groups in total. The second kappa shape index (κ2) is 8.75. The maximum atomic E-state index is 13.2. The van der Waals surface area contributed by atoms with Crippen LogP contribution in [0.5, 0.6) is 6.01 Å². The van der Waals surface area contributed by atoms with Gasteiger partial charge in [-0.05, 0) is 55.0 Å². The zero-order valence-electron chi connectivity index (χ0n) is 18.5. The van der Waals surface area contributed by atoms with Crippen molar-refractivity contribution < 1.29 is 17.9 Å². The molecule has 35 heavy (non-hydrogen) atoms. The molecule has 0 radical (unpaired) electrons. The second-order valence-electron chi connectivity index (χ2n) is 7.72. The summed E-state index contributed by atoms with van der Waals surface area (Å²) in [6.07, 6.45) is 0.678. The highest BCUT2D eigenvalue weighted by molar-refractivity contribution is 5.80.